The smallest absolute Gasteiger partial charge is 0.243 e. The molecule has 0 bridgehead atoms. The summed E-state index contributed by atoms with van der Waals surface area (Å²) in [6, 6.07) is -0.257. The lowest BCUT2D eigenvalue weighted by atomic mass is 9.99. The molecule has 0 radical (unpaired) electrons. The predicted molar refractivity (Wildman–Crippen MR) is 62.9 cm³/mol. The van der Waals surface area contributed by atoms with Crippen LogP contribution in [-0.4, -0.2) is 35.8 Å². The Kier molecular flexibility index (Phi) is 4.77. The first kappa shape index (κ1) is 13.0. The molecular weight excluding hydrogens is 204 g/mol. The lowest BCUT2D eigenvalue weighted by Crippen LogP contribution is -2.58. The van der Waals surface area contributed by atoms with Crippen molar-refractivity contribution in [2.75, 3.05) is 13.1 Å². The van der Waals surface area contributed by atoms with Crippen LogP contribution in [0.3, 0.4) is 0 Å². The van der Waals surface area contributed by atoms with E-state index in [2.05, 4.69) is 26.1 Å². The molecule has 0 aliphatic carbocycles. The third-order valence-electron chi connectivity index (χ3n) is 2.86. The van der Waals surface area contributed by atoms with Gasteiger partial charge in [0, 0.05) is 6.54 Å². The molecule has 1 fully saturated rings. The van der Waals surface area contributed by atoms with Gasteiger partial charge in [0.15, 0.2) is 0 Å². The van der Waals surface area contributed by atoms with Crippen molar-refractivity contribution in [3.63, 3.8) is 0 Å². The minimum atomic E-state index is -0.257. The van der Waals surface area contributed by atoms with E-state index in [-0.39, 0.29) is 24.4 Å². The largest absolute Gasteiger partial charge is 0.345 e. The average Bonchev–Trinajstić information content (AvgIpc) is 2.22. The summed E-state index contributed by atoms with van der Waals surface area (Å²) in [6.07, 6.45) is 2.76. The van der Waals surface area contributed by atoms with E-state index in [9.17, 15) is 9.59 Å². The van der Waals surface area contributed by atoms with E-state index in [1.54, 1.807) is 4.90 Å². The average molecular weight is 226 g/mol. The Morgan fingerprint density at radius 2 is 2.12 bits per heavy atom. The molecule has 0 aromatic rings. The maximum Gasteiger partial charge on any atom is 0.243 e. The Balaban J connectivity index is 2.69. The van der Waals surface area contributed by atoms with Crippen molar-refractivity contribution < 1.29 is 9.59 Å². The minimum absolute atomic E-state index is 0.00408. The summed E-state index contributed by atoms with van der Waals surface area (Å²) in [5.41, 5.74) is 0. The SMILES string of the molecule is CCCCN1C(=O)CNC(=O)C1CC(C)C. The zero-order valence-electron chi connectivity index (χ0n) is 10.5. The molecule has 1 atom stereocenters. The molecule has 1 aliphatic heterocycles. The molecule has 1 aliphatic rings. The lowest BCUT2D eigenvalue weighted by Gasteiger charge is -2.35. The van der Waals surface area contributed by atoms with Crippen LogP contribution in [0.4, 0.5) is 0 Å². The summed E-state index contributed by atoms with van der Waals surface area (Å²) < 4.78 is 0. The van der Waals surface area contributed by atoms with Gasteiger partial charge in [-0.1, -0.05) is 27.2 Å². The maximum absolute atomic E-state index is 11.7. The zero-order chi connectivity index (χ0) is 12.1. The first-order valence-electron chi connectivity index (χ1n) is 6.13. The fraction of sp³-hybridized carbons (Fsp3) is 0.833. The van der Waals surface area contributed by atoms with Crippen LogP contribution < -0.4 is 5.32 Å². The molecule has 0 aromatic heterocycles. The highest BCUT2D eigenvalue weighted by Crippen LogP contribution is 2.15. The summed E-state index contributed by atoms with van der Waals surface area (Å²) in [7, 11) is 0. The number of nitrogens with one attached hydrogen (secondary N) is 1. The zero-order valence-corrected chi connectivity index (χ0v) is 10.5. The van der Waals surface area contributed by atoms with E-state index in [0.717, 1.165) is 19.3 Å². The monoisotopic (exact) mass is 226 g/mol. The number of unbranched alkanes of at least 4 members (excludes halogenated alkanes) is 1. The Hall–Kier alpha value is -1.06. The van der Waals surface area contributed by atoms with E-state index in [1.807, 2.05) is 0 Å². The second kappa shape index (κ2) is 5.87. The van der Waals surface area contributed by atoms with E-state index in [1.165, 1.54) is 0 Å². The van der Waals surface area contributed by atoms with Crippen LogP contribution in [0.1, 0.15) is 40.0 Å². The number of hydrogen-bond acceptors (Lipinski definition) is 2. The van der Waals surface area contributed by atoms with Gasteiger partial charge >= 0.3 is 0 Å². The molecule has 0 aromatic carbocycles. The van der Waals surface area contributed by atoms with Crippen LogP contribution in [0.5, 0.6) is 0 Å². The normalized spacial score (nSPS) is 21.5. The Morgan fingerprint density at radius 3 is 2.69 bits per heavy atom. The Morgan fingerprint density at radius 1 is 1.44 bits per heavy atom. The van der Waals surface area contributed by atoms with E-state index >= 15 is 0 Å². The number of amides is 2. The molecule has 1 N–H and O–H groups in total. The van der Waals surface area contributed by atoms with Gasteiger partial charge in [-0.2, -0.15) is 0 Å². The number of nitrogens with zero attached hydrogens (tertiary/aromatic N) is 1. The second-order valence-electron chi connectivity index (χ2n) is 4.80. The number of rotatable bonds is 5. The van der Waals surface area contributed by atoms with Gasteiger partial charge in [-0.15, -0.1) is 0 Å². The number of carbonyl (C=O) groups excluding carboxylic acids is 2. The predicted octanol–water partition coefficient (Wildman–Crippen LogP) is 1.16. The number of piperazine rings is 1. The molecule has 2 amide bonds. The molecule has 1 heterocycles. The first-order chi connectivity index (χ1) is 7.56. The van der Waals surface area contributed by atoms with E-state index in [4.69, 9.17) is 0 Å². The van der Waals surface area contributed by atoms with Crippen molar-refractivity contribution in [3.8, 4) is 0 Å². The summed E-state index contributed by atoms with van der Waals surface area (Å²) in [6.45, 7) is 7.11. The van der Waals surface area contributed by atoms with Crippen molar-refractivity contribution in [2.45, 2.75) is 46.1 Å². The third-order valence-corrected chi connectivity index (χ3v) is 2.86. The third kappa shape index (κ3) is 3.22. The summed E-state index contributed by atoms with van der Waals surface area (Å²) in [5.74, 6) is 0.480. The molecule has 92 valence electrons. The molecule has 4 nitrogen and oxygen atoms in total. The topological polar surface area (TPSA) is 49.4 Å². The van der Waals surface area contributed by atoms with Gasteiger partial charge in [-0.05, 0) is 18.8 Å². The Bertz CT molecular complexity index is 264. The molecule has 1 unspecified atom stereocenters. The number of hydrogen-bond donors (Lipinski definition) is 1. The Labute approximate surface area is 97.4 Å². The maximum atomic E-state index is 11.7. The van der Waals surface area contributed by atoms with Gasteiger partial charge in [-0.3, -0.25) is 9.59 Å². The fourth-order valence-corrected chi connectivity index (χ4v) is 1.99. The quantitative estimate of drug-likeness (QED) is 0.764. The highest BCUT2D eigenvalue weighted by molar-refractivity contribution is 5.94. The van der Waals surface area contributed by atoms with Crippen LogP contribution in [0.2, 0.25) is 0 Å². The standard InChI is InChI=1S/C12H22N2O2/c1-4-5-6-14-10(7-9(2)3)12(16)13-8-11(14)15/h9-10H,4-8H2,1-3H3,(H,13,16). The molecule has 0 saturated carbocycles. The van der Waals surface area contributed by atoms with Crippen molar-refractivity contribution >= 4 is 11.8 Å². The summed E-state index contributed by atoms with van der Waals surface area (Å²) >= 11 is 0. The molecule has 1 saturated heterocycles. The van der Waals surface area contributed by atoms with Crippen LogP contribution in [0, 0.1) is 5.92 Å². The van der Waals surface area contributed by atoms with Crippen LogP contribution in [0.25, 0.3) is 0 Å². The van der Waals surface area contributed by atoms with Crippen molar-refractivity contribution in [1.29, 1.82) is 0 Å². The van der Waals surface area contributed by atoms with Crippen LogP contribution in [0.15, 0.2) is 0 Å². The number of carbonyl (C=O) groups is 2. The molecular formula is C12H22N2O2. The fourth-order valence-electron chi connectivity index (χ4n) is 1.99. The van der Waals surface area contributed by atoms with E-state index in [0.29, 0.717) is 12.5 Å². The van der Waals surface area contributed by atoms with Crippen LogP contribution in [-0.2, 0) is 9.59 Å². The van der Waals surface area contributed by atoms with Gasteiger partial charge in [0.05, 0.1) is 6.54 Å². The van der Waals surface area contributed by atoms with Gasteiger partial charge < -0.3 is 10.2 Å². The molecule has 0 spiro atoms. The highest BCUT2D eigenvalue weighted by Gasteiger charge is 2.33. The van der Waals surface area contributed by atoms with E-state index < -0.39 is 0 Å². The van der Waals surface area contributed by atoms with Crippen molar-refractivity contribution in [1.82, 2.24) is 10.2 Å². The molecule has 4 heteroatoms. The second-order valence-corrected chi connectivity index (χ2v) is 4.80. The summed E-state index contributed by atoms with van der Waals surface area (Å²) in [5, 5.41) is 2.66. The van der Waals surface area contributed by atoms with Crippen LogP contribution >= 0.6 is 0 Å². The van der Waals surface area contributed by atoms with Crippen molar-refractivity contribution in [3.05, 3.63) is 0 Å². The molecule has 16 heavy (non-hydrogen) atoms. The highest BCUT2D eigenvalue weighted by atomic mass is 16.2. The minimum Gasteiger partial charge on any atom is -0.345 e. The summed E-state index contributed by atoms with van der Waals surface area (Å²) in [4.78, 5) is 25.2. The van der Waals surface area contributed by atoms with Gasteiger partial charge in [-0.25, -0.2) is 0 Å². The lowest BCUT2D eigenvalue weighted by molar-refractivity contribution is -0.146. The van der Waals surface area contributed by atoms with Gasteiger partial charge in [0.2, 0.25) is 11.8 Å². The first-order valence-corrected chi connectivity index (χ1v) is 6.13. The molecule has 1 rings (SSSR count). The van der Waals surface area contributed by atoms with Crippen molar-refractivity contribution in [2.24, 2.45) is 5.92 Å². The van der Waals surface area contributed by atoms with Gasteiger partial charge in [0.1, 0.15) is 6.04 Å². The van der Waals surface area contributed by atoms with Gasteiger partial charge in [0.25, 0.3) is 0 Å².